The highest BCUT2D eigenvalue weighted by Crippen LogP contribution is 2.34. The molecule has 1 aliphatic rings. The number of nitrogens with two attached hydrogens (primary N) is 3. The first kappa shape index (κ1) is 20.7. The Hall–Kier alpha value is -3.03. The van der Waals surface area contributed by atoms with Gasteiger partial charge in [-0.1, -0.05) is 16.8 Å². The van der Waals surface area contributed by atoms with Crippen molar-refractivity contribution in [2.75, 3.05) is 6.54 Å². The first-order valence-electron chi connectivity index (χ1n) is 8.17. The topological polar surface area (TPSA) is 197 Å². The minimum atomic E-state index is -4.13. The summed E-state index contributed by atoms with van der Waals surface area (Å²) in [5.41, 5.74) is 15.0. The van der Waals surface area contributed by atoms with E-state index in [1.807, 2.05) is 0 Å². The number of hydrogen-bond donors (Lipinski definition) is 3. The molecule has 1 saturated heterocycles. The van der Waals surface area contributed by atoms with Gasteiger partial charge in [-0.05, 0) is 30.7 Å². The molecule has 1 fully saturated rings. The summed E-state index contributed by atoms with van der Waals surface area (Å²) < 4.78 is 27.9. The van der Waals surface area contributed by atoms with Crippen LogP contribution in [0.2, 0.25) is 5.02 Å². The van der Waals surface area contributed by atoms with Crippen molar-refractivity contribution in [2.45, 2.75) is 23.4 Å². The molecule has 2 heterocycles. The average molecular weight is 442 g/mol. The fourth-order valence-electron chi connectivity index (χ4n) is 3.27. The van der Waals surface area contributed by atoms with Crippen LogP contribution in [0.4, 0.5) is 0 Å². The monoisotopic (exact) mass is 441 g/mol. The molecule has 0 saturated carbocycles. The van der Waals surface area contributed by atoms with E-state index in [9.17, 15) is 22.8 Å². The lowest BCUT2D eigenvalue weighted by Crippen LogP contribution is -2.47. The summed E-state index contributed by atoms with van der Waals surface area (Å²) >= 11 is 5.80. The maximum absolute atomic E-state index is 13.0. The highest BCUT2D eigenvalue weighted by atomic mass is 35.5. The minimum absolute atomic E-state index is 0.0578. The summed E-state index contributed by atoms with van der Waals surface area (Å²) in [6.07, 6.45) is 0.0578. The van der Waals surface area contributed by atoms with Gasteiger partial charge < -0.3 is 17.2 Å². The number of carbonyl (C=O) groups excluding carboxylic acids is 3. The second-order valence-corrected chi connectivity index (χ2v) is 8.56. The zero-order valence-corrected chi connectivity index (χ0v) is 16.3. The number of nitrogens with zero attached hydrogens (tertiary/aromatic N) is 4. The third-order valence-electron chi connectivity index (χ3n) is 4.51. The van der Waals surface area contributed by atoms with Gasteiger partial charge in [0.15, 0.2) is 11.4 Å². The molecule has 3 amide bonds. The number of rotatable bonds is 6. The van der Waals surface area contributed by atoms with Crippen LogP contribution in [0.15, 0.2) is 29.2 Å². The number of hydrogen-bond acceptors (Lipinski definition) is 7. The van der Waals surface area contributed by atoms with Crippen molar-refractivity contribution >= 4 is 39.3 Å². The largest absolute Gasteiger partial charge is 0.368 e. The molecule has 29 heavy (non-hydrogen) atoms. The molecule has 3 rings (SSSR count). The number of amides is 3. The lowest BCUT2D eigenvalue weighted by molar-refractivity contribution is -0.121. The van der Waals surface area contributed by atoms with Crippen molar-refractivity contribution < 1.29 is 22.8 Å². The zero-order chi connectivity index (χ0) is 21.5. The summed E-state index contributed by atoms with van der Waals surface area (Å²) in [6.45, 7) is -0.104. The standard InChI is InChI=1S/C15H16ClN7O5S/c16-7-1-3-8(4-2-7)29(27,28)22-6-5-9(11(22)14(18)25)23-12(15(19)26)10(13(17)24)20-21-23/h1-4,9,11H,5-6H2,(H2,17,24)(H2,18,25)(H2,19,26)/t9-,11-/m0/s1. The fraction of sp³-hybridized carbons (Fsp3) is 0.267. The van der Waals surface area contributed by atoms with Crippen molar-refractivity contribution in [3.63, 3.8) is 0 Å². The molecule has 0 aliphatic carbocycles. The summed E-state index contributed by atoms with van der Waals surface area (Å²) in [4.78, 5) is 35.4. The van der Waals surface area contributed by atoms with Crippen LogP contribution < -0.4 is 17.2 Å². The lowest BCUT2D eigenvalue weighted by atomic mass is 10.1. The predicted molar refractivity (Wildman–Crippen MR) is 99.0 cm³/mol. The molecule has 154 valence electrons. The zero-order valence-electron chi connectivity index (χ0n) is 14.7. The number of aromatic nitrogens is 3. The fourth-order valence-corrected chi connectivity index (χ4v) is 5.03. The number of halogens is 1. The van der Waals surface area contributed by atoms with Gasteiger partial charge in [0.25, 0.3) is 11.8 Å². The quantitative estimate of drug-likeness (QED) is 0.490. The van der Waals surface area contributed by atoms with Gasteiger partial charge in [0.2, 0.25) is 15.9 Å². The van der Waals surface area contributed by atoms with E-state index in [0.29, 0.717) is 5.02 Å². The molecule has 0 bridgehead atoms. The van der Waals surface area contributed by atoms with Crippen molar-refractivity contribution in [1.82, 2.24) is 19.3 Å². The van der Waals surface area contributed by atoms with Crippen LogP contribution in [0.1, 0.15) is 33.4 Å². The van der Waals surface area contributed by atoms with Crippen LogP contribution in [0.5, 0.6) is 0 Å². The Morgan fingerprint density at radius 1 is 1.07 bits per heavy atom. The van der Waals surface area contributed by atoms with E-state index in [0.717, 1.165) is 8.99 Å². The third kappa shape index (κ3) is 3.54. The second kappa shape index (κ2) is 7.42. The normalized spacial score (nSPS) is 19.9. The molecule has 1 aromatic heterocycles. The first-order valence-corrected chi connectivity index (χ1v) is 9.99. The van der Waals surface area contributed by atoms with Crippen molar-refractivity contribution in [3.05, 3.63) is 40.7 Å². The van der Waals surface area contributed by atoms with Gasteiger partial charge in [0, 0.05) is 11.6 Å². The van der Waals surface area contributed by atoms with Gasteiger partial charge in [-0.2, -0.15) is 4.31 Å². The van der Waals surface area contributed by atoms with E-state index in [4.69, 9.17) is 28.8 Å². The van der Waals surface area contributed by atoms with Gasteiger partial charge in [-0.25, -0.2) is 13.1 Å². The maximum atomic E-state index is 13.0. The van der Waals surface area contributed by atoms with E-state index >= 15 is 0 Å². The van der Waals surface area contributed by atoms with Crippen LogP contribution in [0.3, 0.4) is 0 Å². The number of primary amides is 3. The van der Waals surface area contributed by atoms with Crippen LogP contribution in [-0.2, 0) is 14.8 Å². The predicted octanol–water partition coefficient (Wildman–Crippen LogP) is -1.38. The molecule has 1 aliphatic heterocycles. The van der Waals surface area contributed by atoms with Gasteiger partial charge in [0.1, 0.15) is 6.04 Å². The Kier molecular flexibility index (Phi) is 5.30. The summed E-state index contributed by atoms with van der Waals surface area (Å²) in [5.74, 6) is -3.09. The van der Waals surface area contributed by atoms with E-state index < -0.39 is 51.2 Å². The number of sulfonamides is 1. The molecule has 0 radical (unpaired) electrons. The Morgan fingerprint density at radius 3 is 2.21 bits per heavy atom. The highest BCUT2D eigenvalue weighted by Gasteiger charge is 2.47. The summed E-state index contributed by atoms with van der Waals surface area (Å²) in [5, 5.41) is 7.56. The Labute approximate surface area is 169 Å². The molecule has 2 atom stereocenters. The van der Waals surface area contributed by atoms with E-state index in [-0.39, 0.29) is 17.9 Å². The van der Waals surface area contributed by atoms with E-state index in [2.05, 4.69) is 10.3 Å². The maximum Gasteiger partial charge on any atom is 0.271 e. The molecule has 2 aromatic rings. The Morgan fingerprint density at radius 2 is 1.69 bits per heavy atom. The highest BCUT2D eigenvalue weighted by molar-refractivity contribution is 7.89. The Bertz CT molecular complexity index is 1100. The van der Waals surface area contributed by atoms with Crippen molar-refractivity contribution in [1.29, 1.82) is 0 Å². The molecular formula is C15H16ClN7O5S. The summed E-state index contributed by atoms with van der Waals surface area (Å²) in [7, 11) is -4.13. The van der Waals surface area contributed by atoms with Gasteiger partial charge in [0.05, 0.1) is 10.9 Å². The molecule has 14 heteroatoms. The molecule has 12 nitrogen and oxygen atoms in total. The van der Waals surface area contributed by atoms with Crippen molar-refractivity contribution in [3.8, 4) is 0 Å². The number of carbonyl (C=O) groups is 3. The van der Waals surface area contributed by atoms with E-state index in [1.165, 1.54) is 24.3 Å². The minimum Gasteiger partial charge on any atom is -0.368 e. The van der Waals surface area contributed by atoms with Gasteiger partial charge in [-0.3, -0.25) is 14.4 Å². The summed E-state index contributed by atoms with van der Waals surface area (Å²) in [6, 6.07) is 2.94. The van der Waals surface area contributed by atoms with Crippen molar-refractivity contribution in [2.24, 2.45) is 17.2 Å². The lowest BCUT2D eigenvalue weighted by Gasteiger charge is -2.25. The SMILES string of the molecule is NC(=O)c1nnn([C@H]2CCN(S(=O)(=O)c3ccc(Cl)cc3)[C@@H]2C(N)=O)c1C(N)=O. The van der Waals surface area contributed by atoms with Gasteiger partial charge >= 0.3 is 0 Å². The van der Waals surface area contributed by atoms with E-state index in [1.54, 1.807) is 0 Å². The van der Waals surface area contributed by atoms with Gasteiger partial charge in [-0.15, -0.1) is 5.10 Å². The second-order valence-electron chi connectivity index (χ2n) is 6.23. The van der Waals surface area contributed by atoms with Crippen LogP contribution in [0.25, 0.3) is 0 Å². The molecule has 0 spiro atoms. The smallest absolute Gasteiger partial charge is 0.271 e. The Balaban J connectivity index is 2.07. The third-order valence-corrected chi connectivity index (χ3v) is 6.65. The molecule has 6 N–H and O–H groups in total. The molecule has 0 unspecified atom stereocenters. The van der Waals surface area contributed by atoms with Crippen LogP contribution in [0, 0.1) is 0 Å². The average Bonchev–Trinajstić information content (AvgIpc) is 3.26. The molecule has 1 aromatic carbocycles. The molecular weight excluding hydrogens is 426 g/mol. The van der Waals surface area contributed by atoms with Crippen LogP contribution in [-0.4, -0.2) is 58.0 Å². The first-order chi connectivity index (χ1) is 13.6. The van der Waals surface area contributed by atoms with Crippen LogP contribution >= 0.6 is 11.6 Å². The number of benzene rings is 1.